The first-order valence-electron chi connectivity index (χ1n) is 10.2. The fourth-order valence-corrected chi connectivity index (χ4v) is 3.69. The SMILES string of the molecule is C=C(C)C(=O)Oc1c2c(c(OC(=O)C(=C)C)c3ccccc13)CC(OC(C)C)CC2. The number of fused-ring (bicyclic) bond motifs is 2. The molecule has 0 N–H and O–H groups in total. The van der Waals surface area contributed by atoms with E-state index in [0.717, 1.165) is 22.9 Å². The molecule has 0 fully saturated rings. The van der Waals surface area contributed by atoms with Gasteiger partial charge in [-0.05, 0) is 40.5 Å². The minimum atomic E-state index is -0.485. The zero-order chi connectivity index (χ0) is 22.0. The highest BCUT2D eigenvalue weighted by Crippen LogP contribution is 2.45. The molecule has 1 unspecified atom stereocenters. The zero-order valence-corrected chi connectivity index (χ0v) is 18.0. The molecule has 0 aromatic heterocycles. The number of rotatable bonds is 6. The number of benzene rings is 2. The number of carbonyl (C=O) groups is 2. The lowest BCUT2D eigenvalue weighted by molar-refractivity contribution is -0.131. The lowest BCUT2D eigenvalue weighted by Gasteiger charge is -2.30. The van der Waals surface area contributed by atoms with Crippen LogP contribution in [0.1, 0.15) is 45.2 Å². The van der Waals surface area contributed by atoms with E-state index in [1.807, 2.05) is 38.1 Å². The lowest BCUT2D eigenvalue weighted by atomic mass is 9.85. The molecule has 3 rings (SSSR count). The molecule has 1 atom stereocenters. The molecule has 5 heteroatoms. The first-order chi connectivity index (χ1) is 14.2. The molecule has 5 nitrogen and oxygen atoms in total. The third-order valence-corrected chi connectivity index (χ3v) is 5.03. The van der Waals surface area contributed by atoms with Crippen LogP contribution in [-0.2, 0) is 27.2 Å². The van der Waals surface area contributed by atoms with Crippen molar-refractivity contribution in [1.82, 2.24) is 0 Å². The molecular weight excluding hydrogens is 380 g/mol. The molecule has 0 radical (unpaired) electrons. The molecule has 0 spiro atoms. The topological polar surface area (TPSA) is 61.8 Å². The van der Waals surface area contributed by atoms with E-state index in [1.165, 1.54) is 0 Å². The Balaban J connectivity index is 2.23. The Kier molecular flexibility index (Phi) is 6.42. The molecule has 0 saturated heterocycles. The lowest BCUT2D eigenvalue weighted by Crippen LogP contribution is -2.27. The molecule has 1 aliphatic rings. The quantitative estimate of drug-likeness (QED) is 0.379. The summed E-state index contributed by atoms with van der Waals surface area (Å²) >= 11 is 0. The van der Waals surface area contributed by atoms with Crippen LogP contribution in [-0.4, -0.2) is 24.1 Å². The fourth-order valence-electron chi connectivity index (χ4n) is 3.69. The molecule has 0 heterocycles. The summed E-state index contributed by atoms with van der Waals surface area (Å²) in [4.78, 5) is 24.8. The van der Waals surface area contributed by atoms with Crippen LogP contribution >= 0.6 is 0 Å². The Morgan fingerprint density at radius 2 is 1.43 bits per heavy atom. The first kappa shape index (κ1) is 21.8. The van der Waals surface area contributed by atoms with Gasteiger partial charge in [0.15, 0.2) is 0 Å². The van der Waals surface area contributed by atoms with Crippen molar-refractivity contribution in [2.75, 3.05) is 0 Å². The molecule has 2 aromatic carbocycles. The summed E-state index contributed by atoms with van der Waals surface area (Å²) < 4.78 is 17.6. The van der Waals surface area contributed by atoms with Crippen LogP contribution in [0.25, 0.3) is 10.8 Å². The molecule has 2 aromatic rings. The van der Waals surface area contributed by atoms with Crippen LogP contribution in [0.2, 0.25) is 0 Å². The van der Waals surface area contributed by atoms with E-state index in [0.29, 0.717) is 40.9 Å². The summed E-state index contributed by atoms with van der Waals surface area (Å²) in [5.41, 5.74) is 2.35. The molecule has 1 aliphatic carbocycles. The number of hydrogen-bond donors (Lipinski definition) is 0. The summed E-state index contributed by atoms with van der Waals surface area (Å²) in [7, 11) is 0. The van der Waals surface area contributed by atoms with Crippen LogP contribution in [0.15, 0.2) is 48.6 Å². The van der Waals surface area contributed by atoms with Gasteiger partial charge in [0.1, 0.15) is 11.5 Å². The predicted octanol–water partition coefficient (Wildman–Crippen LogP) is 5.09. The van der Waals surface area contributed by atoms with Crippen LogP contribution in [0.5, 0.6) is 11.5 Å². The van der Waals surface area contributed by atoms with Crippen molar-refractivity contribution in [2.45, 2.75) is 59.2 Å². The van der Waals surface area contributed by atoms with E-state index in [1.54, 1.807) is 13.8 Å². The van der Waals surface area contributed by atoms with Crippen molar-refractivity contribution in [3.8, 4) is 11.5 Å². The predicted molar refractivity (Wildman–Crippen MR) is 117 cm³/mol. The van der Waals surface area contributed by atoms with E-state index in [-0.39, 0.29) is 12.2 Å². The number of hydrogen-bond acceptors (Lipinski definition) is 5. The van der Waals surface area contributed by atoms with Gasteiger partial charge in [-0.1, -0.05) is 37.4 Å². The van der Waals surface area contributed by atoms with Crippen molar-refractivity contribution >= 4 is 22.7 Å². The Morgan fingerprint density at radius 3 is 1.90 bits per heavy atom. The van der Waals surface area contributed by atoms with Gasteiger partial charge in [-0.2, -0.15) is 0 Å². The van der Waals surface area contributed by atoms with Gasteiger partial charge in [-0.25, -0.2) is 9.59 Å². The molecule has 0 saturated carbocycles. The molecule has 0 bridgehead atoms. The number of carbonyl (C=O) groups excluding carboxylic acids is 2. The summed E-state index contributed by atoms with van der Waals surface area (Å²) in [5.74, 6) is 0.0306. The highest BCUT2D eigenvalue weighted by Gasteiger charge is 2.30. The maximum Gasteiger partial charge on any atom is 0.338 e. The molecule has 30 heavy (non-hydrogen) atoms. The molecule has 0 aliphatic heterocycles. The first-order valence-corrected chi connectivity index (χ1v) is 10.2. The fraction of sp³-hybridized carbons (Fsp3) is 0.360. The van der Waals surface area contributed by atoms with Crippen molar-refractivity contribution in [1.29, 1.82) is 0 Å². The van der Waals surface area contributed by atoms with Crippen molar-refractivity contribution in [2.24, 2.45) is 0 Å². The van der Waals surface area contributed by atoms with E-state index in [2.05, 4.69) is 13.2 Å². The summed E-state index contributed by atoms with van der Waals surface area (Å²) in [6, 6.07) is 7.46. The number of esters is 2. The van der Waals surface area contributed by atoms with Gasteiger partial charge in [0, 0.05) is 39.5 Å². The van der Waals surface area contributed by atoms with Crippen molar-refractivity contribution in [3.05, 3.63) is 59.7 Å². The largest absolute Gasteiger partial charge is 0.422 e. The van der Waals surface area contributed by atoms with Crippen LogP contribution < -0.4 is 9.47 Å². The zero-order valence-electron chi connectivity index (χ0n) is 18.0. The van der Waals surface area contributed by atoms with Crippen LogP contribution in [0.3, 0.4) is 0 Å². The maximum atomic E-state index is 12.4. The Labute approximate surface area is 177 Å². The second-order valence-corrected chi connectivity index (χ2v) is 8.05. The minimum absolute atomic E-state index is 0.00867. The summed E-state index contributed by atoms with van der Waals surface area (Å²) in [5, 5.41) is 1.43. The van der Waals surface area contributed by atoms with Crippen molar-refractivity contribution in [3.63, 3.8) is 0 Å². The van der Waals surface area contributed by atoms with E-state index < -0.39 is 11.9 Å². The van der Waals surface area contributed by atoms with Gasteiger partial charge >= 0.3 is 11.9 Å². The van der Waals surface area contributed by atoms with Crippen LogP contribution in [0, 0.1) is 0 Å². The molecule has 0 amide bonds. The van der Waals surface area contributed by atoms with Crippen LogP contribution in [0.4, 0.5) is 0 Å². The Morgan fingerprint density at radius 1 is 0.933 bits per heavy atom. The van der Waals surface area contributed by atoms with Crippen molar-refractivity contribution < 1.29 is 23.8 Å². The average Bonchev–Trinajstić information content (AvgIpc) is 2.69. The van der Waals surface area contributed by atoms with E-state index in [9.17, 15) is 9.59 Å². The van der Waals surface area contributed by atoms with Gasteiger partial charge in [-0.3, -0.25) is 0 Å². The molecular formula is C25H28O5. The van der Waals surface area contributed by atoms with Gasteiger partial charge in [0.2, 0.25) is 0 Å². The molecule has 158 valence electrons. The normalized spacial score (nSPS) is 15.6. The Bertz CT molecular complexity index is 1030. The van der Waals surface area contributed by atoms with Gasteiger partial charge in [0.05, 0.1) is 12.2 Å². The second kappa shape index (κ2) is 8.84. The smallest absolute Gasteiger partial charge is 0.338 e. The number of ether oxygens (including phenoxy) is 3. The maximum absolute atomic E-state index is 12.4. The standard InChI is InChI=1S/C25H28O5/c1-14(2)24(26)29-22-18-9-7-8-10-19(18)23(30-25(27)15(3)4)21-13-17(28-16(5)6)11-12-20(21)22/h7-10,16-17H,1,3,11-13H2,2,4-6H3. The second-order valence-electron chi connectivity index (χ2n) is 8.05. The minimum Gasteiger partial charge on any atom is -0.422 e. The Hall–Kier alpha value is -2.92. The third-order valence-electron chi connectivity index (χ3n) is 5.03. The monoisotopic (exact) mass is 408 g/mol. The van der Waals surface area contributed by atoms with E-state index in [4.69, 9.17) is 14.2 Å². The van der Waals surface area contributed by atoms with E-state index >= 15 is 0 Å². The summed E-state index contributed by atoms with van der Waals surface area (Å²) in [6.45, 7) is 14.6. The van der Waals surface area contributed by atoms with Gasteiger partial charge in [-0.15, -0.1) is 0 Å². The average molecular weight is 408 g/mol. The van der Waals surface area contributed by atoms with Gasteiger partial charge < -0.3 is 14.2 Å². The summed E-state index contributed by atoms with van der Waals surface area (Å²) in [6.07, 6.45) is 2.07. The highest BCUT2D eigenvalue weighted by atomic mass is 16.5. The highest BCUT2D eigenvalue weighted by molar-refractivity contribution is 6.01. The van der Waals surface area contributed by atoms with Gasteiger partial charge in [0.25, 0.3) is 0 Å². The third kappa shape index (κ3) is 4.46.